The molecule has 0 unspecified atom stereocenters. The lowest BCUT2D eigenvalue weighted by Gasteiger charge is -2.04. The number of aryl methyl sites for hydroxylation is 3. The predicted molar refractivity (Wildman–Crippen MR) is 79.9 cm³/mol. The minimum Gasteiger partial charge on any atom is -0.506 e. The van der Waals surface area contributed by atoms with Crippen LogP contribution in [0.5, 0.6) is 5.75 Å². The monoisotopic (exact) mass is 267 g/mol. The van der Waals surface area contributed by atoms with Crippen LogP contribution in [0.2, 0.25) is 0 Å². The number of rotatable bonds is 3. The van der Waals surface area contributed by atoms with Crippen molar-refractivity contribution in [2.45, 2.75) is 19.8 Å². The van der Waals surface area contributed by atoms with Crippen molar-refractivity contribution in [2.24, 2.45) is 0 Å². The minimum atomic E-state index is 0.147. The lowest BCUT2D eigenvalue weighted by atomic mass is 10.1. The minimum absolute atomic E-state index is 0.147. The number of benzene rings is 1. The summed E-state index contributed by atoms with van der Waals surface area (Å²) >= 11 is 0. The van der Waals surface area contributed by atoms with Crippen LogP contribution in [-0.4, -0.2) is 14.5 Å². The van der Waals surface area contributed by atoms with Crippen molar-refractivity contribution in [1.82, 2.24) is 9.38 Å². The molecule has 2 aromatic heterocycles. The number of imidazole rings is 1. The third-order valence-corrected chi connectivity index (χ3v) is 3.61. The molecule has 0 aliphatic rings. The topological polar surface area (TPSA) is 63.5 Å². The molecule has 0 bridgehead atoms. The smallest absolute Gasteiger partial charge is 0.138 e. The standard InChI is InChI=1S/C16H17N3O/c1-11-14(18-16-4-2-3-9-19(11)16)8-6-12-5-7-13(17)15(20)10-12/h2-5,7,9-10,20H,6,8,17H2,1H3. The molecule has 0 fully saturated rings. The molecule has 0 spiro atoms. The van der Waals surface area contributed by atoms with Gasteiger partial charge in [-0.15, -0.1) is 0 Å². The maximum Gasteiger partial charge on any atom is 0.138 e. The number of aromatic nitrogens is 2. The second kappa shape index (κ2) is 4.89. The van der Waals surface area contributed by atoms with Crippen LogP contribution in [0.4, 0.5) is 5.69 Å². The first-order valence-corrected chi connectivity index (χ1v) is 6.65. The molecule has 0 saturated heterocycles. The second-order valence-electron chi connectivity index (χ2n) is 4.97. The largest absolute Gasteiger partial charge is 0.506 e. The Morgan fingerprint density at radius 2 is 2.05 bits per heavy atom. The van der Waals surface area contributed by atoms with Gasteiger partial charge in [-0.3, -0.25) is 0 Å². The van der Waals surface area contributed by atoms with Gasteiger partial charge >= 0.3 is 0 Å². The molecule has 3 rings (SSSR count). The molecule has 1 aromatic carbocycles. The molecule has 0 aliphatic carbocycles. The van der Waals surface area contributed by atoms with Gasteiger partial charge in [0.15, 0.2) is 0 Å². The average Bonchev–Trinajstić information content (AvgIpc) is 2.77. The van der Waals surface area contributed by atoms with Crippen molar-refractivity contribution >= 4 is 11.3 Å². The molecule has 3 N–H and O–H groups in total. The van der Waals surface area contributed by atoms with Crippen LogP contribution in [-0.2, 0) is 12.8 Å². The molecular weight excluding hydrogens is 250 g/mol. The van der Waals surface area contributed by atoms with Gasteiger partial charge in [0.05, 0.1) is 11.4 Å². The Hall–Kier alpha value is -2.49. The molecule has 0 atom stereocenters. The van der Waals surface area contributed by atoms with Gasteiger partial charge in [-0.05, 0) is 49.6 Å². The normalized spacial score (nSPS) is 11.1. The SMILES string of the molecule is Cc1c(CCc2ccc(N)c(O)c2)nc2ccccn12. The van der Waals surface area contributed by atoms with E-state index in [4.69, 9.17) is 5.73 Å². The Balaban J connectivity index is 1.83. The number of phenols is 1. The summed E-state index contributed by atoms with van der Waals surface area (Å²) in [6, 6.07) is 11.4. The van der Waals surface area contributed by atoms with Crippen molar-refractivity contribution in [2.75, 3.05) is 5.73 Å². The van der Waals surface area contributed by atoms with E-state index in [9.17, 15) is 5.11 Å². The van der Waals surface area contributed by atoms with Gasteiger partial charge in [0.2, 0.25) is 0 Å². The van der Waals surface area contributed by atoms with E-state index >= 15 is 0 Å². The average molecular weight is 267 g/mol. The maximum absolute atomic E-state index is 9.62. The highest BCUT2D eigenvalue weighted by molar-refractivity contribution is 5.53. The zero-order valence-corrected chi connectivity index (χ0v) is 11.4. The first-order valence-electron chi connectivity index (χ1n) is 6.65. The van der Waals surface area contributed by atoms with E-state index in [1.807, 2.05) is 30.5 Å². The molecular formula is C16H17N3O. The number of nitrogens with two attached hydrogens (primary N) is 1. The van der Waals surface area contributed by atoms with E-state index in [1.54, 1.807) is 12.1 Å². The summed E-state index contributed by atoms with van der Waals surface area (Å²) in [5, 5.41) is 9.62. The third-order valence-electron chi connectivity index (χ3n) is 3.61. The van der Waals surface area contributed by atoms with Crippen molar-refractivity contribution in [1.29, 1.82) is 0 Å². The summed E-state index contributed by atoms with van der Waals surface area (Å²) < 4.78 is 2.09. The number of nitrogen functional groups attached to an aromatic ring is 1. The quantitative estimate of drug-likeness (QED) is 0.566. The highest BCUT2D eigenvalue weighted by Gasteiger charge is 2.08. The molecule has 0 radical (unpaired) electrons. The lowest BCUT2D eigenvalue weighted by Crippen LogP contribution is -1.95. The fourth-order valence-electron chi connectivity index (χ4n) is 2.41. The number of fused-ring (bicyclic) bond motifs is 1. The third kappa shape index (κ3) is 2.20. The van der Waals surface area contributed by atoms with E-state index in [0.29, 0.717) is 5.69 Å². The van der Waals surface area contributed by atoms with Gasteiger partial charge in [-0.1, -0.05) is 12.1 Å². The van der Waals surface area contributed by atoms with Crippen LogP contribution in [0.15, 0.2) is 42.6 Å². The van der Waals surface area contributed by atoms with E-state index in [-0.39, 0.29) is 5.75 Å². The molecule has 4 heteroatoms. The Kier molecular flexibility index (Phi) is 3.06. The van der Waals surface area contributed by atoms with Crippen LogP contribution in [0.3, 0.4) is 0 Å². The zero-order chi connectivity index (χ0) is 14.1. The molecule has 102 valence electrons. The Labute approximate surface area is 117 Å². The number of phenolic OH excluding ortho intramolecular Hbond substituents is 1. The highest BCUT2D eigenvalue weighted by atomic mass is 16.3. The zero-order valence-electron chi connectivity index (χ0n) is 11.4. The van der Waals surface area contributed by atoms with Crippen LogP contribution >= 0.6 is 0 Å². The predicted octanol–water partition coefficient (Wildman–Crippen LogP) is 2.72. The molecule has 3 aromatic rings. The molecule has 0 saturated carbocycles. The number of aromatic hydroxyl groups is 1. The highest BCUT2D eigenvalue weighted by Crippen LogP contribution is 2.22. The molecule has 20 heavy (non-hydrogen) atoms. The van der Waals surface area contributed by atoms with Gasteiger partial charge in [0, 0.05) is 11.9 Å². The van der Waals surface area contributed by atoms with Gasteiger partial charge in [-0.2, -0.15) is 0 Å². The first-order chi connectivity index (χ1) is 9.65. The number of hydrogen-bond donors (Lipinski definition) is 2. The van der Waals surface area contributed by atoms with Crippen molar-refractivity contribution in [3.8, 4) is 5.75 Å². The van der Waals surface area contributed by atoms with Gasteiger partial charge < -0.3 is 15.2 Å². The van der Waals surface area contributed by atoms with E-state index < -0.39 is 0 Å². The summed E-state index contributed by atoms with van der Waals surface area (Å²) in [5.74, 6) is 0.147. The molecule has 2 heterocycles. The molecule has 0 amide bonds. The maximum atomic E-state index is 9.62. The van der Waals surface area contributed by atoms with Gasteiger partial charge in [-0.25, -0.2) is 4.98 Å². The van der Waals surface area contributed by atoms with Crippen LogP contribution in [0.25, 0.3) is 5.65 Å². The molecule has 0 aliphatic heterocycles. The van der Waals surface area contributed by atoms with E-state index in [0.717, 1.165) is 29.7 Å². The van der Waals surface area contributed by atoms with E-state index in [1.165, 1.54) is 5.69 Å². The summed E-state index contributed by atoms with van der Waals surface area (Å²) in [4.78, 5) is 4.64. The summed E-state index contributed by atoms with van der Waals surface area (Å²) in [6.07, 6.45) is 3.70. The van der Waals surface area contributed by atoms with Crippen molar-refractivity contribution in [3.05, 3.63) is 59.5 Å². The fraction of sp³-hybridized carbons (Fsp3) is 0.188. The number of hydrogen-bond acceptors (Lipinski definition) is 3. The second-order valence-corrected chi connectivity index (χ2v) is 4.97. The lowest BCUT2D eigenvalue weighted by molar-refractivity contribution is 0.477. The Morgan fingerprint density at radius 1 is 1.20 bits per heavy atom. The summed E-state index contributed by atoms with van der Waals surface area (Å²) in [7, 11) is 0. The molecule has 4 nitrogen and oxygen atoms in total. The van der Waals surface area contributed by atoms with Crippen LogP contribution in [0.1, 0.15) is 17.0 Å². The van der Waals surface area contributed by atoms with Gasteiger partial charge in [0.1, 0.15) is 11.4 Å². The Morgan fingerprint density at radius 3 is 2.80 bits per heavy atom. The van der Waals surface area contributed by atoms with Crippen molar-refractivity contribution in [3.63, 3.8) is 0 Å². The van der Waals surface area contributed by atoms with Gasteiger partial charge in [0.25, 0.3) is 0 Å². The summed E-state index contributed by atoms with van der Waals surface area (Å²) in [6.45, 7) is 2.08. The summed E-state index contributed by atoms with van der Waals surface area (Å²) in [5.41, 5.74) is 10.3. The van der Waals surface area contributed by atoms with Crippen LogP contribution < -0.4 is 5.73 Å². The Bertz CT molecular complexity index is 762. The van der Waals surface area contributed by atoms with E-state index in [2.05, 4.69) is 16.3 Å². The number of pyridine rings is 1. The van der Waals surface area contributed by atoms with Crippen molar-refractivity contribution < 1.29 is 5.11 Å². The first kappa shape index (κ1) is 12.5. The fourth-order valence-corrected chi connectivity index (χ4v) is 2.41. The number of nitrogens with zero attached hydrogens (tertiary/aromatic N) is 2. The number of anilines is 1. The van der Waals surface area contributed by atoms with Crippen LogP contribution in [0, 0.1) is 6.92 Å².